The number of carbonyl (C=O) groups is 1. The Hall–Kier alpha value is -4.04. The van der Waals surface area contributed by atoms with Crippen LogP contribution < -0.4 is 10.1 Å². The summed E-state index contributed by atoms with van der Waals surface area (Å²) in [4.78, 5) is 17.4. The third-order valence-electron chi connectivity index (χ3n) is 5.86. The maximum absolute atomic E-state index is 13.6. The van der Waals surface area contributed by atoms with E-state index in [0.29, 0.717) is 16.7 Å². The van der Waals surface area contributed by atoms with Crippen molar-refractivity contribution in [1.29, 1.82) is 0 Å². The maximum atomic E-state index is 13.6. The molecule has 34 heavy (non-hydrogen) atoms. The van der Waals surface area contributed by atoms with E-state index in [4.69, 9.17) is 4.74 Å². The minimum Gasteiger partial charge on any atom is -0.489 e. The van der Waals surface area contributed by atoms with Gasteiger partial charge in [0.1, 0.15) is 24.0 Å². The van der Waals surface area contributed by atoms with Crippen LogP contribution in [0.4, 0.5) is 10.2 Å². The zero-order valence-electron chi connectivity index (χ0n) is 17.9. The molecule has 0 unspecified atom stereocenters. The number of aromatic nitrogens is 3. The molecule has 0 fully saturated rings. The molecule has 0 radical (unpaired) electrons. The highest BCUT2D eigenvalue weighted by atomic mass is 32.1. The molecule has 0 saturated carbocycles. The van der Waals surface area contributed by atoms with E-state index in [9.17, 15) is 9.18 Å². The van der Waals surface area contributed by atoms with Crippen molar-refractivity contribution in [2.75, 3.05) is 5.32 Å². The Kier molecular flexibility index (Phi) is 5.07. The topological polar surface area (TPSA) is 69.0 Å². The Balaban J connectivity index is 1.36. The number of halogens is 1. The van der Waals surface area contributed by atoms with E-state index >= 15 is 0 Å². The molecule has 3 aromatic carbocycles. The number of thiazole rings is 1. The normalized spacial score (nSPS) is 15.2. The number of anilines is 1. The second kappa shape index (κ2) is 8.39. The number of amides is 1. The van der Waals surface area contributed by atoms with Gasteiger partial charge in [0.25, 0.3) is 0 Å². The van der Waals surface area contributed by atoms with Crippen molar-refractivity contribution < 1.29 is 13.9 Å². The Morgan fingerprint density at radius 1 is 1.06 bits per heavy atom. The van der Waals surface area contributed by atoms with Gasteiger partial charge in [-0.2, -0.15) is 9.78 Å². The number of fused-ring (bicyclic) bond motifs is 2. The number of nitrogens with zero attached hydrogens (tertiary/aromatic N) is 3. The summed E-state index contributed by atoms with van der Waals surface area (Å²) in [5.41, 5.74) is 3.42. The SMILES string of the molecule is O=C1C[C@H](c2ccccc2OCc2cccc(F)c2)c2cnn(-c3nc4ccccc4s3)c2N1. The van der Waals surface area contributed by atoms with E-state index in [1.165, 1.54) is 23.5 Å². The van der Waals surface area contributed by atoms with Crippen molar-refractivity contribution >= 4 is 33.3 Å². The summed E-state index contributed by atoms with van der Waals surface area (Å²) in [5, 5.41) is 8.25. The number of hydrogen-bond donors (Lipinski definition) is 1. The standard InChI is InChI=1S/C26H19FN4O2S/c27-17-7-5-6-16(12-17)15-33-22-10-3-1-8-18(22)19-13-24(32)30-25-20(19)14-28-31(25)26-29-21-9-2-4-11-23(21)34-26/h1-12,14,19H,13,15H2,(H,30,32)/t19-/m1/s1. The van der Waals surface area contributed by atoms with Gasteiger partial charge in [-0.3, -0.25) is 4.79 Å². The van der Waals surface area contributed by atoms with E-state index in [-0.39, 0.29) is 30.7 Å². The molecule has 8 heteroatoms. The van der Waals surface area contributed by atoms with Crippen LogP contribution in [0.1, 0.15) is 29.0 Å². The largest absolute Gasteiger partial charge is 0.489 e. The molecule has 5 aromatic rings. The number of hydrogen-bond acceptors (Lipinski definition) is 5. The number of rotatable bonds is 5. The van der Waals surface area contributed by atoms with Crippen LogP contribution >= 0.6 is 11.3 Å². The van der Waals surface area contributed by atoms with Crippen LogP contribution in [-0.4, -0.2) is 20.7 Å². The van der Waals surface area contributed by atoms with Gasteiger partial charge in [-0.1, -0.05) is 53.8 Å². The summed E-state index contributed by atoms with van der Waals surface area (Å²) in [7, 11) is 0. The number of carbonyl (C=O) groups excluding carboxylic acids is 1. The van der Waals surface area contributed by atoms with Crippen LogP contribution in [0.25, 0.3) is 15.3 Å². The van der Waals surface area contributed by atoms with Gasteiger partial charge in [0.05, 0.1) is 16.4 Å². The van der Waals surface area contributed by atoms with Gasteiger partial charge in [0.15, 0.2) is 0 Å². The lowest BCUT2D eigenvalue weighted by Gasteiger charge is -2.25. The van der Waals surface area contributed by atoms with E-state index in [1.54, 1.807) is 16.9 Å². The minimum absolute atomic E-state index is 0.0969. The van der Waals surface area contributed by atoms with Gasteiger partial charge in [-0.25, -0.2) is 9.37 Å². The number of benzene rings is 3. The molecule has 168 valence electrons. The lowest BCUT2D eigenvalue weighted by Crippen LogP contribution is -2.24. The Bertz CT molecular complexity index is 1490. The maximum Gasteiger partial charge on any atom is 0.226 e. The summed E-state index contributed by atoms with van der Waals surface area (Å²) in [6.45, 7) is 0.228. The molecule has 1 aliphatic rings. The first-order valence-corrected chi connectivity index (χ1v) is 11.7. The summed E-state index contributed by atoms with van der Waals surface area (Å²) in [5.74, 6) is 0.659. The van der Waals surface area contributed by atoms with Crippen molar-refractivity contribution in [3.63, 3.8) is 0 Å². The Morgan fingerprint density at radius 2 is 1.91 bits per heavy atom. The highest BCUT2D eigenvalue weighted by molar-refractivity contribution is 7.20. The number of ether oxygens (including phenoxy) is 1. The third kappa shape index (κ3) is 3.72. The van der Waals surface area contributed by atoms with Crippen LogP contribution in [0.3, 0.4) is 0 Å². The summed E-state index contributed by atoms with van der Waals surface area (Å²) >= 11 is 1.52. The zero-order chi connectivity index (χ0) is 23.1. The molecule has 0 spiro atoms. The van der Waals surface area contributed by atoms with Gasteiger partial charge in [-0.15, -0.1) is 0 Å². The van der Waals surface area contributed by atoms with Crippen molar-refractivity contribution in [2.45, 2.75) is 18.9 Å². The second-order valence-corrected chi connectivity index (χ2v) is 9.09. The van der Waals surface area contributed by atoms with E-state index < -0.39 is 0 Å². The smallest absolute Gasteiger partial charge is 0.226 e. The van der Waals surface area contributed by atoms with Gasteiger partial charge in [0, 0.05) is 23.5 Å². The predicted octanol–water partition coefficient (Wildman–Crippen LogP) is 5.67. The zero-order valence-corrected chi connectivity index (χ0v) is 18.8. The van der Waals surface area contributed by atoms with E-state index in [2.05, 4.69) is 15.4 Å². The van der Waals surface area contributed by atoms with Crippen LogP contribution in [0.5, 0.6) is 5.75 Å². The molecule has 6 nitrogen and oxygen atoms in total. The molecule has 1 aliphatic heterocycles. The molecule has 1 atom stereocenters. The van der Waals surface area contributed by atoms with Gasteiger partial charge in [0.2, 0.25) is 11.0 Å². The summed E-state index contributed by atoms with van der Waals surface area (Å²) < 4.78 is 22.4. The van der Waals surface area contributed by atoms with Crippen LogP contribution in [0.15, 0.2) is 79.0 Å². The summed E-state index contributed by atoms with van der Waals surface area (Å²) in [6, 6.07) is 21.9. The lowest BCUT2D eigenvalue weighted by atomic mass is 9.87. The lowest BCUT2D eigenvalue weighted by molar-refractivity contribution is -0.116. The first-order chi connectivity index (χ1) is 16.7. The van der Waals surface area contributed by atoms with Gasteiger partial charge < -0.3 is 10.1 Å². The Morgan fingerprint density at radius 3 is 2.79 bits per heavy atom. The first-order valence-electron chi connectivity index (χ1n) is 10.9. The van der Waals surface area contributed by atoms with Crippen LogP contribution in [0, 0.1) is 5.82 Å². The minimum atomic E-state index is -0.301. The third-order valence-corrected chi connectivity index (χ3v) is 6.87. The highest BCUT2D eigenvalue weighted by Crippen LogP contribution is 2.42. The second-order valence-electron chi connectivity index (χ2n) is 8.09. The average molecular weight is 471 g/mol. The quantitative estimate of drug-likeness (QED) is 0.359. The molecule has 1 N–H and O–H groups in total. The van der Waals surface area contributed by atoms with Crippen molar-refractivity contribution in [3.8, 4) is 10.9 Å². The molecule has 1 amide bonds. The van der Waals surface area contributed by atoms with Gasteiger partial charge in [-0.05, 0) is 35.9 Å². The van der Waals surface area contributed by atoms with Crippen LogP contribution in [0.2, 0.25) is 0 Å². The Labute approximate surface area is 198 Å². The molecule has 0 saturated heterocycles. The van der Waals surface area contributed by atoms with Crippen molar-refractivity contribution in [1.82, 2.24) is 14.8 Å². The fraction of sp³-hybridized carbons (Fsp3) is 0.115. The molecular weight excluding hydrogens is 451 g/mol. The molecule has 3 heterocycles. The fourth-order valence-corrected chi connectivity index (χ4v) is 5.21. The highest BCUT2D eigenvalue weighted by Gasteiger charge is 2.32. The predicted molar refractivity (Wildman–Crippen MR) is 129 cm³/mol. The molecule has 0 aliphatic carbocycles. The van der Waals surface area contributed by atoms with Crippen molar-refractivity contribution in [2.24, 2.45) is 0 Å². The van der Waals surface area contributed by atoms with E-state index in [0.717, 1.165) is 26.9 Å². The van der Waals surface area contributed by atoms with Crippen LogP contribution in [-0.2, 0) is 11.4 Å². The number of nitrogens with one attached hydrogen (secondary N) is 1. The average Bonchev–Trinajstić information content (AvgIpc) is 3.46. The summed E-state index contributed by atoms with van der Waals surface area (Å²) in [6.07, 6.45) is 2.06. The van der Waals surface area contributed by atoms with Gasteiger partial charge >= 0.3 is 0 Å². The van der Waals surface area contributed by atoms with E-state index in [1.807, 2.05) is 54.6 Å². The first kappa shape index (κ1) is 20.6. The molecule has 6 rings (SSSR count). The fourth-order valence-electron chi connectivity index (χ4n) is 4.28. The number of para-hydroxylation sites is 2. The monoisotopic (exact) mass is 470 g/mol. The molecule has 0 bridgehead atoms. The molecule has 2 aromatic heterocycles. The molecular formula is C26H19FN4O2S. The van der Waals surface area contributed by atoms with Crippen molar-refractivity contribution in [3.05, 3.63) is 102 Å².